The molecule has 0 heterocycles. The highest BCUT2D eigenvalue weighted by atomic mass is 32.2. The predicted molar refractivity (Wildman–Crippen MR) is 58.1 cm³/mol. The van der Waals surface area contributed by atoms with Gasteiger partial charge in [0.15, 0.2) is 0 Å². The van der Waals surface area contributed by atoms with E-state index in [9.17, 15) is 13.2 Å². The van der Waals surface area contributed by atoms with Gasteiger partial charge >= 0.3 is 0 Å². The lowest BCUT2D eigenvalue weighted by atomic mass is 10.3. The van der Waals surface area contributed by atoms with Crippen molar-refractivity contribution in [1.82, 2.24) is 4.90 Å². The summed E-state index contributed by atoms with van der Waals surface area (Å²) in [5.41, 5.74) is 0. The number of carbonyl (C=O) groups is 1. The quantitative estimate of drug-likeness (QED) is 0.543. The molecule has 0 aliphatic carbocycles. The maximum Gasteiger partial charge on any atom is 0.266 e. The highest BCUT2D eigenvalue weighted by Gasteiger charge is 2.10. The third kappa shape index (κ3) is 8.14. The van der Waals surface area contributed by atoms with E-state index in [4.69, 9.17) is 4.55 Å². The summed E-state index contributed by atoms with van der Waals surface area (Å²) in [5, 5.41) is 0. The first kappa shape index (κ1) is 14.1. The minimum atomic E-state index is -3.99. The van der Waals surface area contributed by atoms with Crippen molar-refractivity contribution < 1.29 is 17.8 Å². The molecule has 0 saturated heterocycles. The second-order valence-electron chi connectivity index (χ2n) is 3.19. The molecule has 5 nitrogen and oxygen atoms in total. The van der Waals surface area contributed by atoms with Gasteiger partial charge in [-0.1, -0.05) is 19.1 Å². The number of nitrogens with zero attached hydrogens (tertiary/aromatic N) is 1. The number of carbonyl (C=O) groups excluding carboxylic acids is 1. The van der Waals surface area contributed by atoms with E-state index in [0.717, 1.165) is 6.42 Å². The van der Waals surface area contributed by atoms with Gasteiger partial charge in [0.25, 0.3) is 10.1 Å². The first-order chi connectivity index (χ1) is 6.87. The fraction of sp³-hybridized carbons (Fsp3) is 0.667. The molecular formula is C9H17NO4S. The molecular weight excluding hydrogens is 218 g/mol. The molecule has 1 N–H and O–H groups in total. The van der Waals surface area contributed by atoms with Crippen LogP contribution in [0, 0.1) is 0 Å². The SMILES string of the molecule is CCC=CCC(=O)N(C)CCS(=O)(=O)O. The van der Waals surface area contributed by atoms with Gasteiger partial charge in [-0.05, 0) is 6.42 Å². The molecule has 88 valence electrons. The number of allylic oxidation sites excluding steroid dienone is 1. The molecule has 0 aromatic heterocycles. The van der Waals surface area contributed by atoms with Crippen LogP contribution in [0.3, 0.4) is 0 Å². The molecule has 0 aliphatic heterocycles. The molecule has 0 atom stereocenters. The molecule has 0 saturated carbocycles. The second-order valence-corrected chi connectivity index (χ2v) is 4.76. The molecule has 0 spiro atoms. The van der Waals surface area contributed by atoms with Crippen molar-refractivity contribution in [2.45, 2.75) is 19.8 Å². The van der Waals surface area contributed by atoms with Crippen molar-refractivity contribution in [3.63, 3.8) is 0 Å². The summed E-state index contributed by atoms with van der Waals surface area (Å²) in [6, 6.07) is 0. The number of amides is 1. The molecule has 0 aliphatic rings. The Morgan fingerprint density at radius 2 is 2.00 bits per heavy atom. The van der Waals surface area contributed by atoms with Crippen LogP contribution in [0.25, 0.3) is 0 Å². The van der Waals surface area contributed by atoms with Gasteiger partial charge in [-0.15, -0.1) is 0 Å². The van der Waals surface area contributed by atoms with E-state index in [0.29, 0.717) is 0 Å². The van der Waals surface area contributed by atoms with Crippen LogP contribution >= 0.6 is 0 Å². The number of hydrogen-bond acceptors (Lipinski definition) is 3. The summed E-state index contributed by atoms with van der Waals surface area (Å²) in [4.78, 5) is 12.6. The molecule has 0 unspecified atom stereocenters. The van der Waals surface area contributed by atoms with Crippen LogP contribution in [0.2, 0.25) is 0 Å². The van der Waals surface area contributed by atoms with Crippen molar-refractivity contribution in [3.05, 3.63) is 12.2 Å². The number of rotatable bonds is 6. The summed E-state index contributed by atoms with van der Waals surface area (Å²) in [5.74, 6) is -0.587. The summed E-state index contributed by atoms with van der Waals surface area (Å²) in [6.07, 6.45) is 4.73. The maximum atomic E-state index is 11.3. The minimum absolute atomic E-state index is 0.0115. The van der Waals surface area contributed by atoms with E-state index in [-0.39, 0.29) is 18.9 Å². The molecule has 0 bridgehead atoms. The molecule has 0 fully saturated rings. The predicted octanol–water partition coefficient (Wildman–Crippen LogP) is 0.689. The van der Waals surface area contributed by atoms with Crippen LogP contribution in [0.4, 0.5) is 0 Å². The van der Waals surface area contributed by atoms with Gasteiger partial charge in [0, 0.05) is 20.0 Å². The summed E-state index contributed by atoms with van der Waals surface area (Å²) in [6.45, 7) is 1.97. The molecule has 0 radical (unpaired) electrons. The number of hydrogen-bond donors (Lipinski definition) is 1. The third-order valence-corrected chi connectivity index (χ3v) is 2.50. The fourth-order valence-corrected chi connectivity index (χ4v) is 1.39. The summed E-state index contributed by atoms with van der Waals surface area (Å²) >= 11 is 0. The maximum absolute atomic E-state index is 11.3. The lowest BCUT2D eigenvalue weighted by Crippen LogP contribution is -2.30. The molecule has 0 rings (SSSR count). The van der Waals surface area contributed by atoms with Crippen LogP contribution in [0.5, 0.6) is 0 Å². The lowest BCUT2D eigenvalue weighted by molar-refractivity contribution is -0.128. The third-order valence-electron chi connectivity index (χ3n) is 1.81. The van der Waals surface area contributed by atoms with Gasteiger partial charge in [-0.3, -0.25) is 9.35 Å². The minimum Gasteiger partial charge on any atom is -0.344 e. The van der Waals surface area contributed by atoms with Crippen LogP contribution in [-0.2, 0) is 14.9 Å². The topological polar surface area (TPSA) is 74.7 Å². The zero-order valence-electron chi connectivity index (χ0n) is 9.01. The smallest absolute Gasteiger partial charge is 0.266 e. The Morgan fingerprint density at radius 1 is 1.40 bits per heavy atom. The Bertz CT molecular complexity index is 321. The molecule has 15 heavy (non-hydrogen) atoms. The van der Waals surface area contributed by atoms with Crippen molar-refractivity contribution >= 4 is 16.0 Å². The Morgan fingerprint density at radius 3 is 2.47 bits per heavy atom. The molecule has 1 amide bonds. The van der Waals surface area contributed by atoms with Crippen molar-refractivity contribution in [3.8, 4) is 0 Å². The summed E-state index contributed by atoms with van der Waals surface area (Å²) in [7, 11) is -2.48. The molecule has 0 aromatic carbocycles. The zero-order chi connectivity index (χ0) is 11.9. The standard InChI is InChI=1S/C9H17NO4S/c1-3-4-5-6-9(11)10(2)7-8-15(12,13)14/h4-5H,3,6-8H2,1-2H3,(H,12,13,14). The first-order valence-corrected chi connectivity index (χ1v) is 6.32. The van der Waals surface area contributed by atoms with E-state index in [2.05, 4.69) is 0 Å². The highest BCUT2D eigenvalue weighted by Crippen LogP contribution is 1.95. The molecule has 0 aromatic rings. The Labute approximate surface area is 90.5 Å². The van der Waals surface area contributed by atoms with Gasteiger partial charge in [0.2, 0.25) is 5.91 Å². The second kappa shape index (κ2) is 6.58. The Kier molecular flexibility index (Phi) is 6.19. The van der Waals surface area contributed by atoms with E-state index in [1.807, 2.05) is 13.0 Å². The van der Waals surface area contributed by atoms with E-state index >= 15 is 0 Å². The summed E-state index contributed by atoms with van der Waals surface area (Å²) < 4.78 is 29.3. The van der Waals surface area contributed by atoms with Crippen LogP contribution in [-0.4, -0.2) is 43.1 Å². The largest absolute Gasteiger partial charge is 0.344 e. The van der Waals surface area contributed by atoms with Gasteiger partial charge in [0.05, 0.1) is 5.75 Å². The van der Waals surface area contributed by atoms with Gasteiger partial charge < -0.3 is 4.90 Å². The van der Waals surface area contributed by atoms with Crippen LogP contribution in [0.15, 0.2) is 12.2 Å². The van der Waals surface area contributed by atoms with Crippen molar-refractivity contribution in [2.75, 3.05) is 19.3 Å². The average molecular weight is 235 g/mol. The fourth-order valence-electron chi connectivity index (χ4n) is 0.884. The van der Waals surface area contributed by atoms with Crippen molar-refractivity contribution in [2.24, 2.45) is 0 Å². The Hall–Kier alpha value is -0.880. The van der Waals surface area contributed by atoms with Gasteiger partial charge in [0.1, 0.15) is 0 Å². The van der Waals surface area contributed by atoms with Crippen LogP contribution in [0.1, 0.15) is 19.8 Å². The Balaban J connectivity index is 3.95. The van der Waals surface area contributed by atoms with E-state index in [1.165, 1.54) is 11.9 Å². The van der Waals surface area contributed by atoms with Crippen LogP contribution < -0.4 is 0 Å². The average Bonchev–Trinajstić information content (AvgIpc) is 2.13. The van der Waals surface area contributed by atoms with Gasteiger partial charge in [-0.2, -0.15) is 8.42 Å². The highest BCUT2D eigenvalue weighted by molar-refractivity contribution is 7.85. The first-order valence-electron chi connectivity index (χ1n) is 4.71. The lowest BCUT2D eigenvalue weighted by Gasteiger charge is -2.14. The van der Waals surface area contributed by atoms with Crippen molar-refractivity contribution in [1.29, 1.82) is 0 Å². The normalized spacial score (nSPS) is 11.9. The van der Waals surface area contributed by atoms with E-state index in [1.54, 1.807) is 6.08 Å². The molecule has 6 heteroatoms. The van der Waals surface area contributed by atoms with Gasteiger partial charge in [-0.25, -0.2) is 0 Å². The van der Waals surface area contributed by atoms with E-state index < -0.39 is 15.9 Å². The zero-order valence-corrected chi connectivity index (χ0v) is 9.83. The monoisotopic (exact) mass is 235 g/mol.